The largest absolute Gasteiger partial charge is 0.508 e. The number of phenolic OH excluding ortho intramolecular Hbond substituents is 2. The second-order valence-electron chi connectivity index (χ2n) is 5.29. The summed E-state index contributed by atoms with van der Waals surface area (Å²) in [5, 5.41) is 19.5. The number of aryl methyl sites for hydroxylation is 2. The summed E-state index contributed by atoms with van der Waals surface area (Å²) < 4.78 is 0. The molecular weight excluding hydrogens is 236 g/mol. The average Bonchev–Trinajstić information content (AvgIpc) is 2.81. The average molecular weight is 254 g/mol. The van der Waals surface area contributed by atoms with Crippen LogP contribution in [0.5, 0.6) is 11.5 Å². The van der Waals surface area contributed by atoms with Gasteiger partial charge in [0.25, 0.3) is 0 Å². The van der Waals surface area contributed by atoms with Gasteiger partial charge in [-0.1, -0.05) is 24.3 Å². The minimum atomic E-state index is 0.326. The van der Waals surface area contributed by atoms with Crippen LogP contribution in [0.4, 0.5) is 0 Å². The Kier molecular flexibility index (Phi) is 3.16. The summed E-state index contributed by atoms with van der Waals surface area (Å²) in [7, 11) is 0. The van der Waals surface area contributed by atoms with Gasteiger partial charge in [0, 0.05) is 5.56 Å². The van der Waals surface area contributed by atoms with E-state index in [-0.39, 0.29) is 0 Å². The Morgan fingerprint density at radius 3 is 2.74 bits per heavy atom. The monoisotopic (exact) mass is 254 g/mol. The molecular formula is C17H18O2. The smallest absolute Gasteiger partial charge is 0.119 e. The standard InChI is InChI=1S/C17H18O2/c18-15-5-1-3-12(11-15)7-8-14-10-9-13-4-2-6-16(19)17(13)14/h1-6,11,14,18-19H,7-10H2. The molecule has 0 aromatic heterocycles. The lowest BCUT2D eigenvalue weighted by Gasteiger charge is -2.13. The number of hydrogen-bond donors (Lipinski definition) is 2. The van der Waals surface area contributed by atoms with Crippen molar-refractivity contribution in [3.05, 3.63) is 59.2 Å². The van der Waals surface area contributed by atoms with Gasteiger partial charge in [0.2, 0.25) is 0 Å². The summed E-state index contributed by atoms with van der Waals surface area (Å²) in [6.45, 7) is 0. The van der Waals surface area contributed by atoms with Crippen LogP contribution in [-0.4, -0.2) is 10.2 Å². The van der Waals surface area contributed by atoms with Crippen molar-refractivity contribution in [2.24, 2.45) is 0 Å². The first-order valence-electron chi connectivity index (χ1n) is 6.82. The van der Waals surface area contributed by atoms with Gasteiger partial charge in [0.05, 0.1) is 0 Å². The highest BCUT2D eigenvalue weighted by atomic mass is 16.3. The normalized spacial score (nSPS) is 17.4. The van der Waals surface area contributed by atoms with Crippen LogP contribution in [0.3, 0.4) is 0 Å². The van der Waals surface area contributed by atoms with E-state index in [2.05, 4.69) is 6.07 Å². The van der Waals surface area contributed by atoms with E-state index in [1.165, 1.54) is 5.56 Å². The third-order valence-corrected chi connectivity index (χ3v) is 4.04. The van der Waals surface area contributed by atoms with Crippen LogP contribution in [0.25, 0.3) is 0 Å². The number of benzene rings is 2. The van der Waals surface area contributed by atoms with Gasteiger partial charge in [-0.25, -0.2) is 0 Å². The minimum absolute atomic E-state index is 0.326. The fourth-order valence-electron chi connectivity index (χ4n) is 3.10. The molecule has 2 nitrogen and oxygen atoms in total. The maximum absolute atomic E-state index is 10.0. The first-order chi connectivity index (χ1) is 9.24. The summed E-state index contributed by atoms with van der Waals surface area (Å²) in [5.41, 5.74) is 3.59. The van der Waals surface area contributed by atoms with E-state index < -0.39 is 0 Å². The van der Waals surface area contributed by atoms with Crippen molar-refractivity contribution in [3.8, 4) is 11.5 Å². The molecule has 98 valence electrons. The Hall–Kier alpha value is -1.96. The molecule has 0 heterocycles. The SMILES string of the molecule is Oc1cccc(CCC2CCc3cccc(O)c32)c1. The highest BCUT2D eigenvalue weighted by molar-refractivity contribution is 5.45. The van der Waals surface area contributed by atoms with Crippen molar-refractivity contribution in [3.63, 3.8) is 0 Å². The van der Waals surface area contributed by atoms with Crippen LogP contribution in [-0.2, 0) is 12.8 Å². The number of rotatable bonds is 3. The Morgan fingerprint density at radius 2 is 1.89 bits per heavy atom. The Morgan fingerprint density at radius 1 is 1.05 bits per heavy atom. The molecule has 0 saturated carbocycles. The number of hydrogen-bond acceptors (Lipinski definition) is 2. The first-order valence-corrected chi connectivity index (χ1v) is 6.82. The van der Waals surface area contributed by atoms with Crippen molar-refractivity contribution in [2.75, 3.05) is 0 Å². The molecule has 1 aliphatic rings. The molecule has 0 aliphatic heterocycles. The Balaban J connectivity index is 1.73. The molecule has 2 N–H and O–H groups in total. The van der Waals surface area contributed by atoms with E-state index in [1.807, 2.05) is 24.3 Å². The van der Waals surface area contributed by atoms with E-state index >= 15 is 0 Å². The Labute approximate surface area is 113 Å². The fourth-order valence-corrected chi connectivity index (χ4v) is 3.10. The first kappa shape index (κ1) is 12.1. The van der Waals surface area contributed by atoms with Crippen LogP contribution in [0.2, 0.25) is 0 Å². The van der Waals surface area contributed by atoms with Gasteiger partial charge in [-0.15, -0.1) is 0 Å². The maximum atomic E-state index is 10.0. The van der Waals surface area contributed by atoms with E-state index in [4.69, 9.17) is 0 Å². The molecule has 0 saturated heterocycles. The topological polar surface area (TPSA) is 40.5 Å². The lowest BCUT2D eigenvalue weighted by atomic mass is 9.93. The molecule has 19 heavy (non-hydrogen) atoms. The van der Waals surface area contributed by atoms with E-state index in [0.29, 0.717) is 17.4 Å². The highest BCUT2D eigenvalue weighted by Gasteiger charge is 2.24. The van der Waals surface area contributed by atoms with Gasteiger partial charge < -0.3 is 10.2 Å². The van der Waals surface area contributed by atoms with Gasteiger partial charge >= 0.3 is 0 Å². The number of phenols is 2. The van der Waals surface area contributed by atoms with Crippen LogP contribution >= 0.6 is 0 Å². The van der Waals surface area contributed by atoms with E-state index in [0.717, 1.165) is 36.8 Å². The zero-order valence-electron chi connectivity index (χ0n) is 10.8. The highest BCUT2D eigenvalue weighted by Crippen LogP contribution is 2.41. The van der Waals surface area contributed by atoms with Gasteiger partial charge in [-0.05, 0) is 60.9 Å². The van der Waals surface area contributed by atoms with Crippen molar-refractivity contribution >= 4 is 0 Å². The van der Waals surface area contributed by atoms with Crippen molar-refractivity contribution in [1.82, 2.24) is 0 Å². The predicted molar refractivity (Wildman–Crippen MR) is 75.6 cm³/mol. The minimum Gasteiger partial charge on any atom is -0.508 e. The van der Waals surface area contributed by atoms with E-state index in [1.54, 1.807) is 12.1 Å². The predicted octanol–water partition coefficient (Wildman–Crippen LogP) is 3.76. The second kappa shape index (κ2) is 4.96. The van der Waals surface area contributed by atoms with Gasteiger partial charge in [-0.2, -0.15) is 0 Å². The molecule has 2 aromatic rings. The second-order valence-corrected chi connectivity index (χ2v) is 5.29. The maximum Gasteiger partial charge on any atom is 0.119 e. The molecule has 0 amide bonds. The van der Waals surface area contributed by atoms with Crippen LogP contribution in [0.15, 0.2) is 42.5 Å². The summed E-state index contributed by atoms with van der Waals surface area (Å²) in [6.07, 6.45) is 4.14. The molecule has 2 aromatic carbocycles. The van der Waals surface area contributed by atoms with Crippen molar-refractivity contribution < 1.29 is 10.2 Å². The van der Waals surface area contributed by atoms with Crippen LogP contribution < -0.4 is 0 Å². The van der Waals surface area contributed by atoms with Gasteiger partial charge in [-0.3, -0.25) is 0 Å². The summed E-state index contributed by atoms with van der Waals surface area (Å²) in [5.74, 6) is 1.21. The molecule has 2 heteroatoms. The van der Waals surface area contributed by atoms with Crippen molar-refractivity contribution in [2.45, 2.75) is 31.6 Å². The molecule has 3 rings (SSSR count). The van der Waals surface area contributed by atoms with Crippen molar-refractivity contribution in [1.29, 1.82) is 0 Å². The molecule has 0 fully saturated rings. The van der Waals surface area contributed by atoms with Crippen LogP contribution in [0, 0.1) is 0 Å². The zero-order chi connectivity index (χ0) is 13.2. The lowest BCUT2D eigenvalue weighted by Crippen LogP contribution is -1.97. The summed E-state index contributed by atoms with van der Waals surface area (Å²) in [6, 6.07) is 13.3. The zero-order valence-corrected chi connectivity index (χ0v) is 10.8. The Bertz CT molecular complexity index is 590. The summed E-state index contributed by atoms with van der Waals surface area (Å²) >= 11 is 0. The third-order valence-electron chi connectivity index (χ3n) is 4.04. The molecule has 0 bridgehead atoms. The molecule has 0 radical (unpaired) electrons. The molecule has 0 spiro atoms. The summed E-state index contributed by atoms with van der Waals surface area (Å²) in [4.78, 5) is 0. The lowest BCUT2D eigenvalue weighted by molar-refractivity contribution is 0.459. The van der Waals surface area contributed by atoms with E-state index in [9.17, 15) is 10.2 Å². The van der Waals surface area contributed by atoms with Gasteiger partial charge in [0.15, 0.2) is 0 Å². The molecule has 1 aliphatic carbocycles. The fraction of sp³-hybridized carbons (Fsp3) is 0.294. The quantitative estimate of drug-likeness (QED) is 0.875. The van der Waals surface area contributed by atoms with Gasteiger partial charge in [0.1, 0.15) is 11.5 Å². The number of fused-ring (bicyclic) bond motifs is 1. The number of aromatic hydroxyl groups is 2. The molecule has 1 unspecified atom stereocenters. The van der Waals surface area contributed by atoms with Crippen LogP contribution in [0.1, 0.15) is 35.4 Å². The molecule has 1 atom stereocenters. The third kappa shape index (κ3) is 2.43.